The molecule has 3 rings (SSSR count). The minimum Gasteiger partial charge on any atom is -0.344 e. The molecule has 0 aliphatic carbocycles. The largest absolute Gasteiger partial charge is 0.344 e. The van der Waals surface area contributed by atoms with Crippen LogP contribution in [0.15, 0.2) is 34.4 Å². The Hall–Kier alpha value is -3.14. The summed E-state index contributed by atoms with van der Waals surface area (Å²) in [6, 6.07) is 3.19. The molecular weight excluding hydrogens is 404 g/mol. The summed E-state index contributed by atoms with van der Waals surface area (Å²) in [5.41, 5.74) is 1.32. The van der Waals surface area contributed by atoms with Gasteiger partial charge in [-0.1, -0.05) is 32.9 Å². The molecule has 3 aromatic rings. The van der Waals surface area contributed by atoms with Gasteiger partial charge >= 0.3 is 0 Å². The van der Waals surface area contributed by atoms with E-state index < -0.39 is 6.04 Å². The number of pyridine rings is 1. The third kappa shape index (κ3) is 5.47. The maximum atomic E-state index is 12.6. The standard InChI is InChI=1S/C20H24N6O3S/c1-11(2)16(19-24-17(26-29-19)13-6-5-7-21-9-13)23-15(27)8-14-10-30-20(22-14)25-18(28)12(3)4/h5-7,9-12,16H,8H2,1-4H3,(H,23,27)(H,22,25,28). The van der Waals surface area contributed by atoms with Crippen molar-refractivity contribution >= 4 is 28.3 Å². The smallest absolute Gasteiger partial charge is 0.249 e. The van der Waals surface area contributed by atoms with Crippen LogP contribution in [0.1, 0.15) is 45.3 Å². The molecule has 3 heterocycles. The van der Waals surface area contributed by atoms with Crippen LogP contribution in [0, 0.1) is 11.8 Å². The van der Waals surface area contributed by atoms with Crippen LogP contribution in [0.25, 0.3) is 11.4 Å². The Bertz CT molecular complexity index is 999. The molecule has 1 atom stereocenters. The normalized spacial score (nSPS) is 12.2. The zero-order chi connectivity index (χ0) is 21.7. The minimum atomic E-state index is -0.436. The molecule has 0 radical (unpaired) electrons. The van der Waals surface area contributed by atoms with Crippen LogP contribution < -0.4 is 10.6 Å². The summed E-state index contributed by atoms with van der Waals surface area (Å²) in [5, 5.41) is 11.9. The number of nitrogens with one attached hydrogen (secondary N) is 2. The molecule has 2 amide bonds. The van der Waals surface area contributed by atoms with Crippen molar-refractivity contribution in [3.8, 4) is 11.4 Å². The van der Waals surface area contributed by atoms with Crippen LogP contribution in [-0.2, 0) is 16.0 Å². The quantitative estimate of drug-likeness (QED) is 0.564. The molecule has 1 unspecified atom stereocenters. The zero-order valence-corrected chi connectivity index (χ0v) is 18.1. The fraction of sp³-hybridized carbons (Fsp3) is 0.400. The van der Waals surface area contributed by atoms with Crippen LogP contribution in [0.5, 0.6) is 0 Å². The fourth-order valence-corrected chi connectivity index (χ4v) is 3.28. The summed E-state index contributed by atoms with van der Waals surface area (Å²) in [4.78, 5) is 37.1. The molecule has 0 fully saturated rings. The lowest BCUT2D eigenvalue weighted by Crippen LogP contribution is -2.33. The highest BCUT2D eigenvalue weighted by Gasteiger charge is 2.25. The van der Waals surface area contributed by atoms with Gasteiger partial charge in [0.15, 0.2) is 5.13 Å². The van der Waals surface area contributed by atoms with Gasteiger partial charge in [0.25, 0.3) is 0 Å². The number of aromatic nitrogens is 4. The van der Waals surface area contributed by atoms with Crippen LogP contribution in [-0.4, -0.2) is 31.9 Å². The van der Waals surface area contributed by atoms with Crippen LogP contribution in [0.3, 0.4) is 0 Å². The summed E-state index contributed by atoms with van der Waals surface area (Å²) >= 11 is 1.29. The van der Waals surface area contributed by atoms with Gasteiger partial charge in [0.2, 0.25) is 23.5 Å². The number of carbonyl (C=O) groups is 2. The Labute approximate surface area is 178 Å². The van der Waals surface area contributed by atoms with Crippen molar-refractivity contribution < 1.29 is 14.1 Å². The van der Waals surface area contributed by atoms with Gasteiger partial charge in [-0.15, -0.1) is 11.3 Å². The number of carbonyl (C=O) groups excluding carboxylic acids is 2. The first-order valence-corrected chi connectivity index (χ1v) is 10.5. The van der Waals surface area contributed by atoms with Gasteiger partial charge in [0.05, 0.1) is 12.1 Å². The second-order valence-electron chi connectivity index (χ2n) is 7.45. The SMILES string of the molecule is CC(C)C(=O)Nc1nc(CC(=O)NC(c2nc(-c3cccnc3)no2)C(C)C)cs1. The number of hydrogen-bond donors (Lipinski definition) is 2. The number of rotatable bonds is 8. The van der Waals surface area contributed by atoms with E-state index in [2.05, 4.69) is 30.7 Å². The maximum Gasteiger partial charge on any atom is 0.249 e. The first-order valence-electron chi connectivity index (χ1n) is 9.62. The molecular formula is C20H24N6O3S. The monoisotopic (exact) mass is 428 g/mol. The molecule has 0 saturated heterocycles. The first kappa shape index (κ1) is 21.6. The third-order valence-corrected chi connectivity index (χ3v) is 5.07. The van der Waals surface area contributed by atoms with Crippen LogP contribution in [0.2, 0.25) is 0 Å². The Morgan fingerprint density at radius 2 is 2.00 bits per heavy atom. The average Bonchev–Trinajstić information content (AvgIpc) is 3.36. The van der Waals surface area contributed by atoms with Crippen LogP contribution in [0.4, 0.5) is 5.13 Å². The number of thiazole rings is 1. The van der Waals surface area contributed by atoms with Gasteiger partial charge < -0.3 is 15.2 Å². The Morgan fingerprint density at radius 3 is 2.67 bits per heavy atom. The highest BCUT2D eigenvalue weighted by molar-refractivity contribution is 7.13. The summed E-state index contributed by atoms with van der Waals surface area (Å²) in [6.45, 7) is 7.53. The van der Waals surface area contributed by atoms with Crippen molar-refractivity contribution in [2.75, 3.05) is 5.32 Å². The predicted molar refractivity (Wildman–Crippen MR) is 113 cm³/mol. The molecule has 0 spiro atoms. The lowest BCUT2D eigenvalue weighted by molar-refractivity contribution is -0.121. The molecule has 3 aromatic heterocycles. The molecule has 0 aromatic carbocycles. The van der Waals surface area contributed by atoms with E-state index in [0.717, 1.165) is 5.56 Å². The second-order valence-corrected chi connectivity index (χ2v) is 8.31. The Kier molecular flexibility index (Phi) is 6.88. The minimum absolute atomic E-state index is 0.0347. The third-order valence-electron chi connectivity index (χ3n) is 4.26. The van der Waals surface area contributed by atoms with Crippen molar-refractivity contribution in [2.24, 2.45) is 11.8 Å². The zero-order valence-electron chi connectivity index (χ0n) is 17.2. The van der Waals surface area contributed by atoms with E-state index in [9.17, 15) is 9.59 Å². The summed E-state index contributed by atoms with van der Waals surface area (Å²) in [6.07, 6.45) is 3.40. The molecule has 0 bridgehead atoms. The molecule has 2 N–H and O–H groups in total. The van der Waals surface area contributed by atoms with Crippen molar-refractivity contribution in [1.29, 1.82) is 0 Å². The lowest BCUT2D eigenvalue weighted by Gasteiger charge is -2.18. The topological polar surface area (TPSA) is 123 Å². The van der Waals surface area contributed by atoms with E-state index >= 15 is 0 Å². The van der Waals surface area contributed by atoms with E-state index in [1.807, 2.05) is 19.9 Å². The summed E-state index contributed by atoms with van der Waals surface area (Å²) in [7, 11) is 0. The highest BCUT2D eigenvalue weighted by Crippen LogP contribution is 2.24. The van der Waals surface area contributed by atoms with Gasteiger partial charge in [-0.3, -0.25) is 14.6 Å². The predicted octanol–water partition coefficient (Wildman–Crippen LogP) is 3.24. The highest BCUT2D eigenvalue weighted by atomic mass is 32.1. The van der Waals surface area contributed by atoms with Gasteiger partial charge in [0, 0.05) is 29.3 Å². The number of nitrogens with zero attached hydrogens (tertiary/aromatic N) is 4. The molecule has 158 valence electrons. The van der Waals surface area contributed by atoms with E-state index in [1.54, 1.807) is 37.7 Å². The molecule has 0 aliphatic rings. The van der Waals surface area contributed by atoms with Crippen molar-refractivity contribution in [3.05, 3.63) is 41.5 Å². The van der Waals surface area contributed by atoms with Crippen molar-refractivity contribution in [3.63, 3.8) is 0 Å². The van der Waals surface area contributed by atoms with E-state index in [0.29, 0.717) is 22.5 Å². The fourth-order valence-electron chi connectivity index (χ4n) is 2.57. The second kappa shape index (κ2) is 9.57. The van der Waals surface area contributed by atoms with Crippen LogP contribution >= 0.6 is 11.3 Å². The Morgan fingerprint density at radius 1 is 1.20 bits per heavy atom. The Balaban J connectivity index is 1.65. The maximum absolute atomic E-state index is 12.6. The molecule has 10 heteroatoms. The van der Waals surface area contributed by atoms with Gasteiger partial charge in [-0.05, 0) is 18.1 Å². The summed E-state index contributed by atoms with van der Waals surface area (Å²) < 4.78 is 5.40. The van der Waals surface area contributed by atoms with Gasteiger partial charge in [0.1, 0.15) is 6.04 Å². The molecule has 0 saturated carbocycles. The molecule has 9 nitrogen and oxygen atoms in total. The first-order chi connectivity index (χ1) is 14.3. The van der Waals surface area contributed by atoms with E-state index in [4.69, 9.17) is 4.52 Å². The van der Waals surface area contributed by atoms with Crippen molar-refractivity contribution in [1.82, 2.24) is 25.4 Å². The van der Waals surface area contributed by atoms with Crippen molar-refractivity contribution in [2.45, 2.75) is 40.2 Å². The van der Waals surface area contributed by atoms with Gasteiger partial charge in [-0.2, -0.15) is 4.98 Å². The lowest BCUT2D eigenvalue weighted by atomic mass is 10.0. The van der Waals surface area contributed by atoms with E-state index in [-0.39, 0.29) is 30.1 Å². The number of amides is 2. The van der Waals surface area contributed by atoms with E-state index in [1.165, 1.54) is 11.3 Å². The van der Waals surface area contributed by atoms with Gasteiger partial charge in [-0.25, -0.2) is 4.98 Å². The number of anilines is 1. The average molecular weight is 429 g/mol. The summed E-state index contributed by atoms with van der Waals surface area (Å²) in [5.74, 6) is 0.317. The molecule has 30 heavy (non-hydrogen) atoms. The number of hydrogen-bond acceptors (Lipinski definition) is 8. The molecule has 0 aliphatic heterocycles.